The average Bonchev–Trinajstić information content (AvgIpc) is 2.78. The van der Waals surface area contributed by atoms with Gasteiger partial charge in [-0.05, 0) is 32.6 Å². The Morgan fingerprint density at radius 2 is 1.60 bits per heavy atom. The fraction of sp³-hybridized carbons (Fsp3) is 0.938. The number of nitrogens with zero attached hydrogens (tertiary/aromatic N) is 2. The zero-order valence-corrected chi connectivity index (χ0v) is 13.1. The molecule has 0 spiro atoms. The van der Waals surface area contributed by atoms with E-state index in [1.54, 1.807) is 0 Å². The molecule has 1 aliphatic heterocycles. The van der Waals surface area contributed by atoms with Crippen molar-refractivity contribution >= 4 is 6.03 Å². The molecule has 2 rings (SSSR count). The second-order valence-electron chi connectivity index (χ2n) is 6.42. The summed E-state index contributed by atoms with van der Waals surface area (Å²) in [6, 6.07) is 0.238. The van der Waals surface area contributed by atoms with Crippen LogP contribution < -0.4 is 5.73 Å². The van der Waals surface area contributed by atoms with E-state index in [2.05, 4.69) is 16.7 Å². The normalized spacial score (nSPS) is 23.2. The number of carbonyl (C=O) groups excluding carboxylic acids is 1. The second kappa shape index (κ2) is 7.30. The van der Waals surface area contributed by atoms with Gasteiger partial charge in [0, 0.05) is 26.2 Å². The van der Waals surface area contributed by atoms with E-state index >= 15 is 0 Å². The van der Waals surface area contributed by atoms with Crippen LogP contribution in [0.5, 0.6) is 0 Å². The predicted octanol–water partition coefficient (Wildman–Crippen LogP) is 2.97. The number of amides is 2. The molecule has 20 heavy (non-hydrogen) atoms. The van der Waals surface area contributed by atoms with Crippen LogP contribution >= 0.6 is 0 Å². The number of likely N-dealkylation sites (N-methyl/N-ethyl adjacent to an activating group) is 1. The number of likely N-dealkylation sites (tertiary alicyclic amines) is 1. The van der Waals surface area contributed by atoms with Gasteiger partial charge in [-0.2, -0.15) is 0 Å². The van der Waals surface area contributed by atoms with Gasteiger partial charge in [0.2, 0.25) is 0 Å². The first-order valence-corrected chi connectivity index (χ1v) is 8.50. The Balaban J connectivity index is 2.10. The molecule has 4 heteroatoms. The monoisotopic (exact) mass is 281 g/mol. The molecule has 0 atom stereocenters. The Morgan fingerprint density at radius 1 is 1.05 bits per heavy atom. The first kappa shape index (κ1) is 15.6. The molecule has 0 aromatic carbocycles. The van der Waals surface area contributed by atoms with Gasteiger partial charge in [0.15, 0.2) is 0 Å². The van der Waals surface area contributed by atoms with E-state index in [1.165, 1.54) is 32.1 Å². The Hall–Kier alpha value is -0.770. The average molecular weight is 281 g/mol. The highest BCUT2D eigenvalue weighted by molar-refractivity contribution is 5.75. The maximum Gasteiger partial charge on any atom is 0.320 e. The summed E-state index contributed by atoms with van der Waals surface area (Å²) in [6.07, 6.45) is 10.7. The molecule has 1 heterocycles. The van der Waals surface area contributed by atoms with Crippen LogP contribution in [-0.4, -0.2) is 47.5 Å². The van der Waals surface area contributed by atoms with E-state index in [1.807, 2.05) is 0 Å². The minimum atomic E-state index is -0.0730. The Bertz CT molecular complexity index is 305. The summed E-state index contributed by atoms with van der Waals surface area (Å²) in [6.45, 7) is 5.35. The van der Waals surface area contributed by atoms with Gasteiger partial charge in [0.05, 0.1) is 5.54 Å². The lowest BCUT2D eigenvalue weighted by Crippen LogP contribution is -2.60. The first-order chi connectivity index (χ1) is 9.73. The van der Waals surface area contributed by atoms with E-state index in [0.29, 0.717) is 6.54 Å². The predicted molar refractivity (Wildman–Crippen MR) is 82.7 cm³/mol. The van der Waals surface area contributed by atoms with Crippen LogP contribution in [0.2, 0.25) is 0 Å². The number of hydrogen-bond donors (Lipinski definition) is 1. The molecule has 4 nitrogen and oxygen atoms in total. The van der Waals surface area contributed by atoms with Gasteiger partial charge in [0.1, 0.15) is 0 Å². The van der Waals surface area contributed by atoms with E-state index < -0.39 is 0 Å². The maximum absolute atomic E-state index is 12.9. The Labute approximate surface area is 123 Å². The highest BCUT2D eigenvalue weighted by atomic mass is 16.2. The molecule has 1 aliphatic carbocycles. The van der Waals surface area contributed by atoms with E-state index in [4.69, 9.17) is 5.73 Å². The summed E-state index contributed by atoms with van der Waals surface area (Å²) in [7, 11) is 0. The Kier molecular flexibility index (Phi) is 5.70. The van der Waals surface area contributed by atoms with Crippen LogP contribution in [0, 0.1) is 0 Å². The van der Waals surface area contributed by atoms with Crippen LogP contribution in [-0.2, 0) is 0 Å². The van der Waals surface area contributed by atoms with Crippen LogP contribution in [0.4, 0.5) is 4.79 Å². The van der Waals surface area contributed by atoms with Crippen molar-refractivity contribution in [3.05, 3.63) is 0 Å². The molecule has 2 amide bonds. The van der Waals surface area contributed by atoms with Crippen molar-refractivity contribution in [1.82, 2.24) is 9.80 Å². The molecule has 0 aromatic heterocycles. The summed E-state index contributed by atoms with van der Waals surface area (Å²) in [4.78, 5) is 17.1. The topological polar surface area (TPSA) is 49.6 Å². The first-order valence-electron chi connectivity index (χ1n) is 8.50. The van der Waals surface area contributed by atoms with E-state index in [0.717, 1.165) is 45.3 Å². The number of carbonyl (C=O) groups is 1. The zero-order valence-electron chi connectivity index (χ0n) is 13.1. The number of hydrogen-bond acceptors (Lipinski definition) is 2. The number of rotatable bonds is 3. The minimum Gasteiger partial charge on any atom is -0.328 e. The number of nitrogens with two attached hydrogens (primary N) is 1. The second-order valence-corrected chi connectivity index (χ2v) is 6.42. The van der Waals surface area contributed by atoms with Gasteiger partial charge in [-0.15, -0.1) is 0 Å². The zero-order chi connectivity index (χ0) is 14.4. The van der Waals surface area contributed by atoms with Gasteiger partial charge < -0.3 is 15.5 Å². The van der Waals surface area contributed by atoms with Crippen molar-refractivity contribution in [3.63, 3.8) is 0 Å². The lowest BCUT2D eigenvalue weighted by molar-refractivity contribution is 0.0660. The smallest absolute Gasteiger partial charge is 0.320 e. The third-order valence-electron chi connectivity index (χ3n) is 5.16. The molecule has 0 radical (unpaired) electrons. The summed E-state index contributed by atoms with van der Waals surface area (Å²) in [5, 5.41) is 0. The number of urea groups is 1. The molecule has 0 unspecified atom stereocenters. The van der Waals surface area contributed by atoms with E-state index in [9.17, 15) is 4.79 Å². The van der Waals surface area contributed by atoms with Crippen molar-refractivity contribution in [2.45, 2.75) is 70.3 Å². The van der Waals surface area contributed by atoms with Gasteiger partial charge in [0.25, 0.3) is 0 Å². The van der Waals surface area contributed by atoms with Gasteiger partial charge >= 0.3 is 6.03 Å². The SMILES string of the molecule is CCN(C(=O)N1CCCCCC1)C1(CN)CCCCC1. The van der Waals surface area contributed by atoms with Crippen LogP contribution in [0.25, 0.3) is 0 Å². The fourth-order valence-electron chi connectivity index (χ4n) is 3.90. The van der Waals surface area contributed by atoms with E-state index in [-0.39, 0.29) is 11.6 Å². The van der Waals surface area contributed by atoms with Crippen LogP contribution in [0.3, 0.4) is 0 Å². The minimum absolute atomic E-state index is 0.0730. The third kappa shape index (κ3) is 3.27. The highest BCUT2D eigenvalue weighted by Gasteiger charge is 2.40. The molecule has 1 saturated carbocycles. The molecule has 0 bridgehead atoms. The molecule has 1 saturated heterocycles. The standard InChI is InChI=1S/C16H31N3O/c1-2-19(16(14-17)10-6-5-7-11-16)15(20)18-12-8-3-4-9-13-18/h2-14,17H2,1H3. The van der Waals surface area contributed by atoms with Crippen molar-refractivity contribution in [2.75, 3.05) is 26.2 Å². The van der Waals surface area contributed by atoms with Crippen molar-refractivity contribution in [2.24, 2.45) is 5.73 Å². The Morgan fingerprint density at radius 3 is 2.10 bits per heavy atom. The van der Waals surface area contributed by atoms with Gasteiger partial charge in [-0.1, -0.05) is 32.1 Å². The molecule has 0 aromatic rings. The quantitative estimate of drug-likeness (QED) is 0.864. The van der Waals surface area contributed by atoms with Gasteiger partial charge in [-0.3, -0.25) is 0 Å². The maximum atomic E-state index is 12.9. The molecule has 2 aliphatic rings. The van der Waals surface area contributed by atoms with Crippen LogP contribution in [0.1, 0.15) is 64.7 Å². The van der Waals surface area contributed by atoms with Crippen molar-refractivity contribution in [1.29, 1.82) is 0 Å². The van der Waals surface area contributed by atoms with Crippen molar-refractivity contribution in [3.8, 4) is 0 Å². The summed E-state index contributed by atoms with van der Waals surface area (Å²) in [5.41, 5.74) is 6.03. The molecule has 2 N–H and O–H groups in total. The van der Waals surface area contributed by atoms with Crippen LogP contribution in [0.15, 0.2) is 0 Å². The lowest BCUT2D eigenvalue weighted by Gasteiger charge is -2.47. The molecular formula is C16H31N3O. The fourth-order valence-corrected chi connectivity index (χ4v) is 3.90. The van der Waals surface area contributed by atoms with Gasteiger partial charge in [-0.25, -0.2) is 4.79 Å². The largest absolute Gasteiger partial charge is 0.328 e. The third-order valence-corrected chi connectivity index (χ3v) is 5.16. The molecular weight excluding hydrogens is 250 g/mol. The highest BCUT2D eigenvalue weighted by Crippen LogP contribution is 2.33. The molecule has 116 valence electrons. The molecule has 2 fully saturated rings. The summed E-state index contributed by atoms with van der Waals surface area (Å²) >= 11 is 0. The summed E-state index contributed by atoms with van der Waals surface area (Å²) in [5.74, 6) is 0. The lowest BCUT2D eigenvalue weighted by atomic mass is 9.80. The van der Waals surface area contributed by atoms with Crippen molar-refractivity contribution < 1.29 is 4.79 Å². The summed E-state index contributed by atoms with van der Waals surface area (Å²) < 4.78 is 0.